The third-order valence-corrected chi connectivity index (χ3v) is 3.38. The molecule has 7 nitrogen and oxygen atoms in total. The van der Waals surface area contributed by atoms with Crippen molar-refractivity contribution in [3.63, 3.8) is 0 Å². The van der Waals surface area contributed by atoms with E-state index < -0.39 is 5.97 Å². The van der Waals surface area contributed by atoms with Gasteiger partial charge in [-0.05, 0) is 19.3 Å². The summed E-state index contributed by atoms with van der Waals surface area (Å²) in [7, 11) is 1.40. The van der Waals surface area contributed by atoms with Gasteiger partial charge < -0.3 is 20.1 Å². The molecule has 1 aromatic rings. The second kappa shape index (κ2) is 5.73. The lowest BCUT2D eigenvalue weighted by Crippen LogP contribution is -2.31. The van der Waals surface area contributed by atoms with Gasteiger partial charge in [0.05, 0.1) is 19.4 Å². The van der Waals surface area contributed by atoms with E-state index in [-0.39, 0.29) is 23.3 Å². The molecule has 0 aliphatic heterocycles. The van der Waals surface area contributed by atoms with Gasteiger partial charge in [0, 0.05) is 6.04 Å². The zero-order chi connectivity index (χ0) is 13.8. The molecule has 3 N–H and O–H groups in total. The molecule has 1 heterocycles. The van der Waals surface area contributed by atoms with Crippen molar-refractivity contribution in [2.45, 2.75) is 31.7 Å². The monoisotopic (exact) mass is 267 g/mol. The van der Waals surface area contributed by atoms with Crippen molar-refractivity contribution in [3.05, 3.63) is 16.7 Å². The number of nitrogens with zero attached hydrogens (tertiary/aromatic N) is 1. The van der Waals surface area contributed by atoms with Crippen molar-refractivity contribution in [1.29, 1.82) is 0 Å². The highest BCUT2D eigenvalue weighted by molar-refractivity contribution is 5.70. The number of carboxylic acid groups (broad SMARTS) is 1. The highest BCUT2D eigenvalue weighted by atomic mass is 16.5. The molecule has 2 unspecified atom stereocenters. The second-order valence-corrected chi connectivity index (χ2v) is 4.66. The molecule has 1 fully saturated rings. The summed E-state index contributed by atoms with van der Waals surface area (Å²) in [4.78, 5) is 29.0. The summed E-state index contributed by atoms with van der Waals surface area (Å²) in [6.45, 7) is 0. The molecule has 0 saturated heterocycles. The number of nitrogens with one attached hydrogen (secondary N) is 2. The maximum Gasteiger partial charge on any atom is 0.306 e. The Morgan fingerprint density at radius 1 is 1.58 bits per heavy atom. The van der Waals surface area contributed by atoms with Crippen molar-refractivity contribution >= 4 is 11.8 Å². The molecule has 2 atom stereocenters. The Morgan fingerprint density at radius 3 is 3.05 bits per heavy atom. The van der Waals surface area contributed by atoms with E-state index in [0.717, 1.165) is 12.8 Å². The maximum absolute atomic E-state index is 11.5. The van der Waals surface area contributed by atoms with Gasteiger partial charge in [0.25, 0.3) is 5.56 Å². The Hall–Kier alpha value is -2.05. The largest absolute Gasteiger partial charge is 0.489 e. The van der Waals surface area contributed by atoms with Crippen LogP contribution in [0.5, 0.6) is 5.75 Å². The summed E-state index contributed by atoms with van der Waals surface area (Å²) in [6.07, 6.45) is 4.24. The third-order valence-electron chi connectivity index (χ3n) is 3.38. The van der Waals surface area contributed by atoms with Crippen LogP contribution in [-0.2, 0) is 4.79 Å². The van der Waals surface area contributed by atoms with Crippen LogP contribution in [0, 0.1) is 5.92 Å². The first-order valence-electron chi connectivity index (χ1n) is 6.23. The number of ether oxygens (including phenoxy) is 1. The van der Waals surface area contributed by atoms with Crippen LogP contribution < -0.4 is 15.6 Å². The first-order chi connectivity index (χ1) is 9.11. The minimum Gasteiger partial charge on any atom is -0.489 e. The standard InChI is InChI=1S/C12H17N3O4/c1-19-9-10(13-6-14-11(9)16)15-8-4-2-3-7(5-8)12(17)18/h6-8H,2-5H2,1H3,(H,17,18)(H2,13,14,15,16). The molecular formula is C12H17N3O4. The molecule has 1 aliphatic carbocycles. The number of carboxylic acids is 1. The Balaban J connectivity index is 2.11. The van der Waals surface area contributed by atoms with Gasteiger partial charge >= 0.3 is 5.97 Å². The van der Waals surface area contributed by atoms with Crippen molar-refractivity contribution in [2.24, 2.45) is 5.92 Å². The molecule has 0 aromatic carbocycles. The number of aromatic amines is 1. The Labute approximate surface area is 110 Å². The highest BCUT2D eigenvalue weighted by Gasteiger charge is 2.27. The molecule has 104 valence electrons. The molecular weight excluding hydrogens is 250 g/mol. The van der Waals surface area contributed by atoms with Crippen LogP contribution in [0.25, 0.3) is 0 Å². The number of carbonyl (C=O) groups is 1. The SMILES string of the molecule is COc1c(NC2CCCC(C(=O)O)C2)nc[nH]c1=O. The molecule has 1 aromatic heterocycles. The van der Waals surface area contributed by atoms with Crippen molar-refractivity contribution in [1.82, 2.24) is 9.97 Å². The summed E-state index contributed by atoms with van der Waals surface area (Å²) in [5, 5.41) is 12.2. The Morgan fingerprint density at radius 2 is 2.37 bits per heavy atom. The number of methoxy groups -OCH3 is 1. The van der Waals surface area contributed by atoms with E-state index in [4.69, 9.17) is 9.84 Å². The van der Waals surface area contributed by atoms with E-state index in [1.165, 1.54) is 13.4 Å². The number of hydrogen-bond donors (Lipinski definition) is 3. The average molecular weight is 267 g/mol. The van der Waals surface area contributed by atoms with Crippen LogP contribution in [0.2, 0.25) is 0 Å². The lowest BCUT2D eigenvalue weighted by molar-refractivity contribution is -0.142. The summed E-state index contributed by atoms with van der Waals surface area (Å²) in [6, 6.07) is -0.00181. The average Bonchev–Trinajstić information content (AvgIpc) is 2.39. The fraction of sp³-hybridized carbons (Fsp3) is 0.583. The van der Waals surface area contributed by atoms with Gasteiger partial charge in [-0.3, -0.25) is 9.59 Å². The molecule has 19 heavy (non-hydrogen) atoms. The summed E-state index contributed by atoms with van der Waals surface area (Å²) in [5.41, 5.74) is -0.356. The third kappa shape index (κ3) is 3.04. The Bertz CT molecular complexity index is 514. The van der Waals surface area contributed by atoms with E-state index in [1.807, 2.05) is 0 Å². The summed E-state index contributed by atoms with van der Waals surface area (Å²) >= 11 is 0. The van der Waals surface area contributed by atoms with Gasteiger partial charge in [-0.15, -0.1) is 0 Å². The number of aromatic nitrogens is 2. The van der Waals surface area contributed by atoms with Crippen LogP contribution in [0.3, 0.4) is 0 Å². The summed E-state index contributed by atoms with van der Waals surface area (Å²) < 4.78 is 5.01. The van der Waals surface area contributed by atoms with Crippen LogP contribution in [0.15, 0.2) is 11.1 Å². The summed E-state index contributed by atoms with van der Waals surface area (Å²) in [5.74, 6) is -0.612. The van der Waals surface area contributed by atoms with Crippen LogP contribution in [-0.4, -0.2) is 34.2 Å². The first-order valence-corrected chi connectivity index (χ1v) is 6.23. The molecule has 1 saturated carbocycles. The molecule has 0 radical (unpaired) electrons. The van der Waals surface area contributed by atoms with Crippen molar-refractivity contribution in [2.75, 3.05) is 12.4 Å². The minimum absolute atomic E-state index is 0.00181. The highest BCUT2D eigenvalue weighted by Crippen LogP contribution is 2.27. The topological polar surface area (TPSA) is 104 Å². The molecule has 0 spiro atoms. The van der Waals surface area contributed by atoms with Gasteiger partial charge in [-0.1, -0.05) is 6.42 Å². The fourth-order valence-corrected chi connectivity index (χ4v) is 2.42. The number of rotatable bonds is 4. The van der Waals surface area contributed by atoms with Crippen LogP contribution in [0.4, 0.5) is 5.82 Å². The molecule has 7 heteroatoms. The second-order valence-electron chi connectivity index (χ2n) is 4.66. The van der Waals surface area contributed by atoms with E-state index in [1.54, 1.807) is 0 Å². The predicted molar refractivity (Wildman–Crippen MR) is 68.4 cm³/mol. The van der Waals surface area contributed by atoms with Gasteiger partial charge in [-0.25, -0.2) is 4.98 Å². The maximum atomic E-state index is 11.5. The fourth-order valence-electron chi connectivity index (χ4n) is 2.42. The van der Waals surface area contributed by atoms with E-state index in [2.05, 4.69) is 15.3 Å². The zero-order valence-corrected chi connectivity index (χ0v) is 10.7. The minimum atomic E-state index is -0.766. The van der Waals surface area contributed by atoms with Crippen LogP contribution in [0.1, 0.15) is 25.7 Å². The van der Waals surface area contributed by atoms with E-state index in [9.17, 15) is 9.59 Å². The molecule has 1 aliphatic rings. The van der Waals surface area contributed by atoms with Crippen molar-refractivity contribution in [3.8, 4) is 5.75 Å². The zero-order valence-electron chi connectivity index (χ0n) is 10.7. The van der Waals surface area contributed by atoms with Crippen molar-refractivity contribution < 1.29 is 14.6 Å². The van der Waals surface area contributed by atoms with Gasteiger partial charge in [-0.2, -0.15) is 0 Å². The Kier molecular flexibility index (Phi) is 4.03. The van der Waals surface area contributed by atoms with Crippen LogP contribution >= 0.6 is 0 Å². The molecule has 0 bridgehead atoms. The van der Waals surface area contributed by atoms with Gasteiger partial charge in [0.15, 0.2) is 5.82 Å². The lowest BCUT2D eigenvalue weighted by Gasteiger charge is -2.27. The normalized spacial score (nSPS) is 22.8. The predicted octanol–water partition coefficient (Wildman–Crippen LogP) is 0.834. The number of H-pyrrole nitrogens is 1. The smallest absolute Gasteiger partial charge is 0.306 e. The van der Waals surface area contributed by atoms with E-state index in [0.29, 0.717) is 18.7 Å². The molecule has 2 rings (SSSR count). The first kappa shape index (κ1) is 13.4. The van der Waals surface area contributed by atoms with E-state index >= 15 is 0 Å². The number of aliphatic carboxylic acids is 1. The quantitative estimate of drug-likeness (QED) is 0.746. The van der Waals surface area contributed by atoms with Gasteiger partial charge in [0.1, 0.15) is 0 Å². The lowest BCUT2D eigenvalue weighted by atomic mass is 9.86. The number of anilines is 1. The van der Waals surface area contributed by atoms with Gasteiger partial charge in [0.2, 0.25) is 5.75 Å². The number of hydrogen-bond acceptors (Lipinski definition) is 5. The molecule has 0 amide bonds.